The minimum absolute atomic E-state index is 0.191. The molecule has 1 aromatic heterocycles. The third kappa shape index (κ3) is 3.49. The van der Waals surface area contributed by atoms with Crippen molar-refractivity contribution in [3.05, 3.63) is 65.0 Å². The van der Waals surface area contributed by atoms with Crippen LogP contribution in [0.5, 0.6) is 0 Å². The van der Waals surface area contributed by atoms with Crippen LogP contribution < -0.4 is 0 Å². The summed E-state index contributed by atoms with van der Waals surface area (Å²) in [4.78, 5) is 31.6. The molecule has 8 nitrogen and oxygen atoms in total. The van der Waals surface area contributed by atoms with E-state index in [1.165, 1.54) is 12.1 Å². The van der Waals surface area contributed by atoms with Gasteiger partial charge in [0.1, 0.15) is 17.6 Å². The second kappa shape index (κ2) is 7.74. The van der Waals surface area contributed by atoms with Crippen molar-refractivity contribution in [2.45, 2.75) is 18.4 Å². The number of nitrogens with zero attached hydrogens (tertiary/aromatic N) is 4. The Balaban J connectivity index is 1.28. The molecule has 164 valence electrons. The van der Waals surface area contributed by atoms with E-state index in [0.717, 1.165) is 17.4 Å². The number of rotatable bonds is 5. The molecule has 2 heterocycles. The van der Waals surface area contributed by atoms with Gasteiger partial charge in [-0.2, -0.15) is 0 Å². The molecule has 1 N–H and O–H groups in total. The Bertz CT molecular complexity index is 1210. The molecule has 2 aliphatic rings. The lowest BCUT2D eigenvalue weighted by molar-refractivity contribution is -0.134. The number of nitroso groups, excluding NO2 is 1. The van der Waals surface area contributed by atoms with Crippen LogP contribution in [0.15, 0.2) is 58.3 Å². The van der Waals surface area contributed by atoms with Gasteiger partial charge in [0.25, 0.3) is 5.91 Å². The molecule has 1 amide bonds. The maximum atomic E-state index is 13.4. The number of aromatic nitrogens is 1. The van der Waals surface area contributed by atoms with E-state index in [9.17, 15) is 19.2 Å². The molecule has 2 aromatic carbocycles. The molecule has 1 saturated carbocycles. The number of aliphatic hydroxyl groups is 1. The molecule has 1 aliphatic carbocycles. The first-order valence-electron chi connectivity index (χ1n) is 10.4. The van der Waals surface area contributed by atoms with Gasteiger partial charge in [0.05, 0.1) is 5.70 Å². The third-order valence-corrected chi connectivity index (χ3v) is 6.10. The molecule has 5 rings (SSSR count). The Hall–Kier alpha value is -3.75. The van der Waals surface area contributed by atoms with Crippen LogP contribution in [-0.4, -0.2) is 57.5 Å². The lowest BCUT2D eigenvalue weighted by atomic mass is 10.1. The number of carbonyl (C=O) groups excluding carboxylic acids is 1. The average Bonchev–Trinajstić information content (AvgIpc) is 3.52. The van der Waals surface area contributed by atoms with Crippen molar-refractivity contribution >= 4 is 22.7 Å². The normalized spacial score (nSPS) is 18.1. The molecule has 0 radical (unpaired) electrons. The molecule has 9 heteroatoms. The molecule has 2 fully saturated rings. The molecule has 0 atom stereocenters. The van der Waals surface area contributed by atoms with Gasteiger partial charge in [-0.25, -0.2) is 9.37 Å². The van der Waals surface area contributed by atoms with Gasteiger partial charge in [-0.3, -0.25) is 4.79 Å². The highest BCUT2D eigenvalue weighted by Gasteiger charge is 2.54. The van der Waals surface area contributed by atoms with Gasteiger partial charge in [0, 0.05) is 43.4 Å². The van der Waals surface area contributed by atoms with Crippen LogP contribution in [0, 0.1) is 10.7 Å². The van der Waals surface area contributed by atoms with Gasteiger partial charge in [-0.05, 0) is 37.1 Å². The van der Waals surface area contributed by atoms with Crippen LogP contribution in [0.25, 0.3) is 28.3 Å². The first-order valence-corrected chi connectivity index (χ1v) is 10.4. The van der Waals surface area contributed by atoms with Crippen molar-refractivity contribution in [3.63, 3.8) is 0 Å². The molecule has 0 spiro atoms. The Morgan fingerprint density at radius 3 is 2.41 bits per heavy atom. The number of halogens is 1. The van der Waals surface area contributed by atoms with Crippen LogP contribution in [0.4, 0.5) is 4.39 Å². The van der Waals surface area contributed by atoms with E-state index >= 15 is 0 Å². The Morgan fingerprint density at radius 2 is 1.78 bits per heavy atom. The van der Waals surface area contributed by atoms with Crippen LogP contribution in [-0.2, 0) is 4.79 Å². The van der Waals surface area contributed by atoms with E-state index in [2.05, 4.69) is 10.2 Å². The maximum absolute atomic E-state index is 13.4. The van der Waals surface area contributed by atoms with Crippen molar-refractivity contribution in [1.82, 2.24) is 14.8 Å². The molecule has 0 unspecified atom stereocenters. The van der Waals surface area contributed by atoms with Gasteiger partial charge in [0.15, 0.2) is 11.1 Å². The van der Waals surface area contributed by atoms with Gasteiger partial charge in [0.2, 0.25) is 5.89 Å². The second-order valence-electron chi connectivity index (χ2n) is 8.12. The van der Waals surface area contributed by atoms with E-state index in [1.807, 2.05) is 29.2 Å². The lowest BCUT2D eigenvalue weighted by Gasteiger charge is -2.37. The fraction of sp³-hybridized carbons (Fsp3) is 0.304. The monoisotopic (exact) mass is 436 g/mol. The number of fused-ring (bicyclic) bond motifs is 1. The summed E-state index contributed by atoms with van der Waals surface area (Å²) in [6.45, 7) is 1.99. The first-order chi connectivity index (χ1) is 15.5. The van der Waals surface area contributed by atoms with Gasteiger partial charge in [-0.1, -0.05) is 17.3 Å². The Morgan fingerprint density at radius 1 is 1.09 bits per heavy atom. The van der Waals surface area contributed by atoms with Crippen molar-refractivity contribution in [3.8, 4) is 11.5 Å². The molecular formula is C23H21FN4O4. The summed E-state index contributed by atoms with van der Waals surface area (Å²) in [6.07, 6.45) is 2.11. The number of oxazole rings is 1. The molecular weight excluding hydrogens is 415 g/mol. The number of hydrogen-bond donors (Lipinski definition) is 1. The fourth-order valence-electron chi connectivity index (χ4n) is 4.05. The zero-order valence-corrected chi connectivity index (χ0v) is 17.2. The molecule has 3 aromatic rings. The minimum atomic E-state index is -1.04. The first kappa shape index (κ1) is 20.2. The van der Waals surface area contributed by atoms with Crippen molar-refractivity contribution < 1.29 is 18.7 Å². The third-order valence-electron chi connectivity index (χ3n) is 6.10. The molecule has 1 saturated heterocycles. The van der Waals surface area contributed by atoms with E-state index in [4.69, 9.17) is 4.42 Å². The summed E-state index contributed by atoms with van der Waals surface area (Å²) < 4.78 is 19.1. The largest absolute Gasteiger partial charge is 0.513 e. The molecule has 1 aliphatic heterocycles. The van der Waals surface area contributed by atoms with Crippen LogP contribution in [0.3, 0.4) is 0 Å². The fourth-order valence-corrected chi connectivity index (χ4v) is 4.05. The van der Waals surface area contributed by atoms with Gasteiger partial charge < -0.3 is 19.3 Å². The second-order valence-corrected chi connectivity index (χ2v) is 8.12. The number of benzene rings is 2. The van der Waals surface area contributed by atoms with E-state index in [-0.39, 0.29) is 11.7 Å². The summed E-state index contributed by atoms with van der Waals surface area (Å²) in [5.74, 6) is -0.189. The Labute approximate surface area is 182 Å². The minimum Gasteiger partial charge on any atom is -0.513 e. The van der Waals surface area contributed by atoms with Crippen molar-refractivity contribution in [1.29, 1.82) is 0 Å². The van der Waals surface area contributed by atoms with E-state index in [0.29, 0.717) is 61.7 Å². The smallest absolute Gasteiger partial charge is 0.254 e. The molecule has 0 bridgehead atoms. The van der Waals surface area contributed by atoms with Gasteiger partial charge >= 0.3 is 0 Å². The zero-order valence-electron chi connectivity index (χ0n) is 17.2. The topological polar surface area (TPSA) is 99.2 Å². The summed E-state index contributed by atoms with van der Waals surface area (Å²) >= 11 is 0. The SMILES string of the molecule is O=NC1(C(=O)N2CCN(C(=CO)c3ccc(-c4nc5ccc(F)cc5o4)cc3)CC2)CC1. The van der Waals surface area contributed by atoms with Crippen molar-refractivity contribution in [2.24, 2.45) is 5.18 Å². The lowest BCUT2D eigenvalue weighted by Crippen LogP contribution is -2.51. The summed E-state index contributed by atoms with van der Waals surface area (Å²) in [6, 6.07) is 11.5. The highest BCUT2D eigenvalue weighted by Crippen LogP contribution is 2.41. The van der Waals surface area contributed by atoms with Crippen LogP contribution >= 0.6 is 0 Å². The number of aliphatic hydroxyl groups excluding tert-OH is 1. The summed E-state index contributed by atoms with van der Waals surface area (Å²) in [5, 5.41) is 12.9. The highest BCUT2D eigenvalue weighted by atomic mass is 19.1. The summed E-state index contributed by atoms with van der Waals surface area (Å²) in [5.41, 5.74) is 2.08. The zero-order chi connectivity index (χ0) is 22.3. The molecule has 32 heavy (non-hydrogen) atoms. The van der Waals surface area contributed by atoms with E-state index in [1.54, 1.807) is 11.0 Å². The number of piperazine rings is 1. The van der Waals surface area contributed by atoms with Crippen LogP contribution in [0.1, 0.15) is 18.4 Å². The predicted molar refractivity (Wildman–Crippen MR) is 116 cm³/mol. The van der Waals surface area contributed by atoms with E-state index < -0.39 is 5.54 Å². The van der Waals surface area contributed by atoms with Gasteiger partial charge in [-0.15, -0.1) is 4.91 Å². The Kier molecular flexibility index (Phi) is 4.88. The highest BCUT2D eigenvalue weighted by molar-refractivity contribution is 5.89. The quantitative estimate of drug-likeness (QED) is 0.481. The standard InChI is InChI=1S/C23H21FN4O4/c24-17-5-6-18-20(13-17)32-21(25-18)16-3-1-15(2-4-16)19(14-29)27-9-11-28(12-10-27)22(30)23(26-31)7-8-23/h1-6,13-14,29H,7-12H2. The maximum Gasteiger partial charge on any atom is 0.254 e. The number of amides is 1. The number of hydrogen-bond acceptors (Lipinski definition) is 7. The average molecular weight is 436 g/mol. The number of carbonyl (C=O) groups is 1. The van der Waals surface area contributed by atoms with Crippen molar-refractivity contribution in [2.75, 3.05) is 26.2 Å². The summed E-state index contributed by atoms with van der Waals surface area (Å²) in [7, 11) is 0. The van der Waals surface area contributed by atoms with Crippen LogP contribution in [0.2, 0.25) is 0 Å². The predicted octanol–water partition coefficient (Wildman–Crippen LogP) is 3.93.